The van der Waals surface area contributed by atoms with Crippen LogP contribution < -0.4 is 0 Å². The predicted octanol–water partition coefficient (Wildman–Crippen LogP) is 5.90. The molecule has 0 unspecified atom stereocenters. The van der Waals surface area contributed by atoms with Crippen LogP contribution in [0.5, 0.6) is 0 Å². The lowest BCUT2D eigenvalue weighted by atomic mass is 9.86. The number of aliphatic carboxylic acids is 1. The van der Waals surface area contributed by atoms with Crippen molar-refractivity contribution in [1.29, 1.82) is 0 Å². The first-order valence-electron chi connectivity index (χ1n) is 9.70. The molecule has 0 aliphatic carbocycles. The lowest BCUT2D eigenvalue weighted by molar-refractivity contribution is -0.137. The molecule has 0 aliphatic rings. The van der Waals surface area contributed by atoms with Crippen molar-refractivity contribution >= 4 is 11.8 Å². The van der Waals surface area contributed by atoms with E-state index in [0.29, 0.717) is 30.1 Å². The Morgan fingerprint density at radius 1 is 0.960 bits per heavy atom. The molecule has 0 saturated heterocycles. The van der Waals surface area contributed by atoms with Gasteiger partial charge in [0.2, 0.25) is 0 Å². The Kier molecular flexibility index (Phi) is 12.2. The van der Waals surface area contributed by atoms with E-state index < -0.39 is 5.97 Å². The second kappa shape index (κ2) is 12.9. The molecule has 0 saturated carbocycles. The van der Waals surface area contributed by atoms with Gasteiger partial charge in [-0.05, 0) is 61.9 Å². The molecule has 0 fully saturated rings. The fraction of sp³-hybridized carbons (Fsp3) is 0.727. The highest BCUT2D eigenvalue weighted by Crippen LogP contribution is 2.23. The monoisotopic (exact) mass is 350 g/mol. The van der Waals surface area contributed by atoms with Gasteiger partial charge in [0.15, 0.2) is 5.78 Å². The Balaban J connectivity index is 4.24. The van der Waals surface area contributed by atoms with Crippen molar-refractivity contribution in [3.8, 4) is 0 Å². The largest absolute Gasteiger partial charge is 0.481 e. The molecule has 0 aliphatic heterocycles. The molecule has 0 bridgehead atoms. The highest BCUT2D eigenvalue weighted by Gasteiger charge is 2.17. The van der Waals surface area contributed by atoms with Crippen LogP contribution >= 0.6 is 0 Å². The number of rotatable bonds is 14. The maximum Gasteiger partial charge on any atom is 0.303 e. The predicted molar refractivity (Wildman–Crippen MR) is 106 cm³/mol. The number of ketones is 1. The van der Waals surface area contributed by atoms with E-state index in [9.17, 15) is 9.59 Å². The Labute approximate surface area is 154 Å². The third-order valence-electron chi connectivity index (χ3n) is 4.83. The van der Waals surface area contributed by atoms with Crippen LogP contribution in [0.15, 0.2) is 24.8 Å². The van der Waals surface area contributed by atoms with Gasteiger partial charge in [0.05, 0.1) is 0 Å². The molecular weight excluding hydrogens is 312 g/mol. The van der Waals surface area contributed by atoms with Gasteiger partial charge in [0, 0.05) is 12.3 Å². The molecule has 0 spiro atoms. The van der Waals surface area contributed by atoms with Crippen molar-refractivity contribution in [1.82, 2.24) is 0 Å². The topological polar surface area (TPSA) is 54.4 Å². The van der Waals surface area contributed by atoms with Crippen LogP contribution in [0.3, 0.4) is 0 Å². The minimum atomic E-state index is -0.732. The van der Waals surface area contributed by atoms with E-state index in [1.807, 2.05) is 19.1 Å². The summed E-state index contributed by atoms with van der Waals surface area (Å²) >= 11 is 0. The van der Waals surface area contributed by atoms with E-state index in [1.165, 1.54) is 0 Å². The quantitative estimate of drug-likeness (QED) is 0.313. The molecule has 0 aromatic rings. The second-order valence-corrected chi connectivity index (χ2v) is 8.12. The molecule has 0 aromatic heterocycles. The number of hydrogen-bond acceptors (Lipinski definition) is 2. The first kappa shape index (κ1) is 23.6. The van der Waals surface area contributed by atoms with Crippen molar-refractivity contribution in [3.05, 3.63) is 24.8 Å². The van der Waals surface area contributed by atoms with Crippen LogP contribution in [0.1, 0.15) is 73.1 Å². The SMILES string of the molecule is C=CC[C@@H](C)C[C@@H](C)C=CC(=O)[C@@H](C)C[C@@H](C)C[C@H](C)CCC(=O)O. The van der Waals surface area contributed by atoms with Gasteiger partial charge in [-0.3, -0.25) is 9.59 Å². The van der Waals surface area contributed by atoms with Crippen LogP contribution in [0, 0.1) is 29.6 Å². The molecule has 25 heavy (non-hydrogen) atoms. The maximum absolute atomic E-state index is 12.3. The molecule has 144 valence electrons. The highest BCUT2D eigenvalue weighted by atomic mass is 16.4. The van der Waals surface area contributed by atoms with Crippen molar-refractivity contribution in [2.24, 2.45) is 29.6 Å². The minimum absolute atomic E-state index is 0.0238. The molecule has 0 radical (unpaired) electrons. The summed E-state index contributed by atoms with van der Waals surface area (Å²) in [4.78, 5) is 22.9. The van der Waals surface area contributed by atoms with Crippen LogP contribution in [-0.4, -0.2) is 16.9 Å². The van der Waals surface area contributed by atoms with Gasteiger partial charge in [-0.25, -0.2) is 0 Å². The third kappa shape index (κ3) is 12.6. The van der Waals surface area contributed by atoms with Crippen LogP contribution in [0.2, 0.25) is 0 Å². The lowest BCUT2D eigenvalue weighted by Gasteiger charge is -2.19. The summed E-state index contributed by atoms with van der Waals surface area (Å²) in [7, 11) is 0. The fourth-order valence-corrected chi connectivity index (χ4v) is 3.51. The number of carbonyl (C=O) groups excluding carboxylic acids is 1. The first-order valence-corrected chi connectivity index (χ1v) is 9.70. The molecule has 0 heterocycles. The smallest absolute Gasteiger partial charge is 0.303 e. The summed E-state index contributed by atoms with van der Waals surface area (Å²) in [6.45, 7) is 14.4. The molecule has 0 amide bonds. The average molecular weight is 351 g/mol. The number of carbonyl (C=O) groups is 2. The van der Waals surface area contributed by atoms with Crippen LogP contribution in [-0.2, 0) is 9.59 Å². The second-order valence-electron chi connectivity index (χ2n) is 8.12. The molecule has 3 nitrogen and oxygen atoms in total. The first-order chi connectivity index (χ1) is 11.6. The van der Waals surface area contributed by atoms with E-state index in [-0.39, 0.29) is 18.1 Å². The number of carboxylic acids is 1. The van der Waals surface area contributed by atoms with Crippen molar-refractivity contribution in [3.63, 3.8) is 0 Å². The minimum Gasteiger partial charge on any atom is -0.481 e. The standard InChI is InChI=1S/C22H38O3/c1-7-8-16(2)13-17(3)9-11-21(23)20(6)15-19(5)14-18(4)10-12-22(24)25/h7,9,11,16-20H,1,8,10,12-15H2,2-6H3,(H,24,25)/t16-,17+,18-,19+,20+/m1/s1. The Morgan fingerprint density at radius 2 is 1.60 bits per heavy atom. The maximum atomic E-state index is 12.3. The summed E-state index contributed by atoms with van der Waals surface area (Å²) in [5.41, 5.74) is 0. The number of carboxylic acid groups (broad SMARTS) is 1. The molecule has 5 atom stereocenters. The van der Waals surface area contributed by atoms with Gasteiger partial charge in [-0.1, -0.05) is 46.8 Å². The van der Waals surface area contributed by atoms with Gasteiger partial charge < -0.3 is 5.11 Å². The summed E-state index contributed by atoms with van der Waals surface area (Å²) in [6, 6.07) is 0. The normalized spacial score (nSPS) is 17.6. The van der Waals surface area contributed by atoms with Crippen molar-refractivity contribution in [2.75, 3.05) is 0 Å². The summed E-state index contributed by atoms with van der Waals surface area (Å²) in [5.74, 6) is 1.31. The van der Waals surface area contributed by atoms with E-state index in [4.69, 9.17) is 5.11 Å². The summed E-state index contributed by atoms with van der Waals surface area (Å²) in [5, 5.41) is 8.75. The third-order valence-corrected chi connectivity index (χ3v) is 4.83. The van der Waals surface area contributed by atoms with E-state index >= 15 is 0 Å². The average Bonchev–Trinajstić information content (AvgIpc) is 2.50. The summed E-state index contributed by atoms with van der Waals surface area (Å²) in [6.07, 6.45) is 10.6. The lowest BCUT2D eigenvalue weighted by Crippen LogP contribution is -2.14. The van der Waals surface area contributed by atoms with Gasteiger partial charge in [-0.15, -0.1) is 6.58 Å². The fourth-order valence-electron chi connectivity index (χ4n) is 3.51. The van der Waals surface area contributed by atoms with Gasteiger partial charge in [-0.2, -0.15) is 0 Å². The van der Waals surface area contributed by atoms with Crippen molar-refractivity contribution < 1.29 is 14.7 Å². The molecule has 0 aromatic carbocycles. The Bertz CT molecular complexity index is 439. The molecular formula is C22H38O3. The van der Waals surface area contributed by atoms with E-state index in [2.05, 4.69) is 34.3 Å². The zero-order valence-corrected chi connectivity index (χ0v) is 16.8. The number of allylic oxidation sites excluding steroid dienone is 3. The van der Waals surface area contributed by atoms with Gasteiger partial charge >= 0.3 is 5.97 Å². The molecule has 0 rings (SSSR count). The van der Waals surface area contributed by atoms with Crippen LogP contribution in [0.4, 0.5) is 0 Å². The highest BCUT2D eigenvalue weighted by molar-refractivity contribution is 5.91. The van der Waals surface area contributed by atoms with Crippen molar-refractivity contribution in [2.45, 2.75) is 73.1 Å². The number of hydrogen-bond donors (Lipinski definition) is 1. The zero-order chi connectivity index (χ0) is 19.4. The molecule has 1 N–H and O–H groups in total. The zero-order valence-electron chi connectivity index (χ0n) is 16.8. The van der Waals surface area contributed by atoms with Gasteiger partial charge in [0.25, 0.3) is 0 Å². The van der Waals surface area contributed by atoms with Crippen LogP contribution in [0.25, 0.3) is 0 Å². The molecule has 3 heteroatoms. The van der Waals surface area contributed by atoms with Gasteiger partial charge in [0.1, 0.15) is 0 Å². The van der Waals surface area contributed by atoms with E-state index in [0.717, 1.165) is 25.7 Å². The van der Waals surface area contributed by atoms with E-state index in [1.54, 1.807) is 6.08 Å². The Morgan fingerprint density at radius 3 is 2.16 bits per heavy atom. The summed E-state index contributed by atoms with van der Waals surface area (Å²) < 4.78 is 0. The Hall–Kier alpha value is -1.38.